The normalized spacial score (nSPS) is 17.8. The lowest BCUT2D eigenvalue weighted by Gasteiger charge is -2.44. The van der Waals surface area contributed by atoms with Crippen LogP contribution in [0.3, 0.4) is 0 Å². The minimum Gasteiger partial charge on any atom is -0.309 e. The summed E-state index contributed by atoms with van der Waals surface area (Å²) in [6.07, 6.45) is 4.59. The van der Waals surface area contributed by atoms with E-state index < -0.39 is 5.41 Å². The van der Waals surface area contributed by atoms with Crippen LogP contribution in [0.4, 0.5) is 17.1 Å². The fraction of sp³-hybridized carbons (Fsp3) is 0.262. The van der Waals surface area contributed by atoms with Crippen molar-refractivity contribution in [2.24, 2.45) is 0 Å². The van der Waals surface area contributed by atoms with Gasteiger partial charge in [0.05, 0.1) is 16.8 Å². The number of para-hydroxylation sites is 1. The molecule has 328 valence electrons. The van der Waals surface area contributed by atoms with E-state index in [2.05, 4.69) is 248 Å². The lowest BCUT2D eigenvalue weighted by molar-refractivity contribution is 0.332. The molecule has 0 aliphatic heterocycles. The summed E-state index contributed by atoms with van der Waals surface area (Å²) in [4.78, 5) is 2.65. The second-order valence-electron chi connectivity index (χ2n) is 22.2. The Balaban J connectivity index is 1.34. The third kappa shape index (κ3) is 6.48. The SMILES string of the molecule is CC1(C)CCC(C)(C)c2cc(N(c3ccccc3)c3cc4c(cc3-c3cccc5c3C(C)(C)CCC5(C)C)-c3ccccc3C4(c3ccccc3)c3ccccc3)c(-c3ccccc3)cc21. The van der Waals surface area contributed by atoms with Gasteiger partial charge in [-0.1, -0.05) is 207 Å². The van der Waals surface area contributed by atoms with Crippen molar-refractivity contribution in [2.45, 2.75) is 108 Å². The molecule has 0 atom stereocenters. The minimum atomic E-state index is -0.564. The summed E-state index contributed by atoms with van der Waals surface area (Å²) in [5, 5.41) is 0. The van der Waals surface area contributed by atoms with Crippen molar-refractivity contribution in [1.29, 1.82) is 0 Å². The number of hydrogen-bond acceptors (Lipinski definition) is 1. The fourth-order valence-corrected chi connectivity index (χ4v) is 12.5. The molecular weight excluding hydrogens is 795 g/mol. The van der Waals surface area contributed by atoms with Crippen molar-refractivity contribution in [3.8, 4) is 33.4 Å². The average molecular weight is 858 g/mol. The van der Waals surface area contributed by atoms with Crippen molar-refractivity contribution >= 4 is 17.1 Å². The standard InChI is InChI=1S/C65H63N/c1-61(2)38-39-64(7,8)60-49(33-23-35-54(60)61)52-40-51-48-32-21-22-34-53(48)65(45-26-15-10-16-27-45,46-28-17-11-18-29-46)55(51)42-59(52)66(47-30-19-12-20-31-47)58-43-57-56(62(3,4)36-37-63(57,5)6)41-50(58)44-24-13-9-14-25-44/h9-35,40-43H,36-39H2,1-8H3. The Bertz CT molecular complexity index is 3080. The number of hydrogen-bond donors (Lipinski definition) is 0. The zero-order chi connectivity index (χ0) is 45.6. The van der Waals surface area contributed by atoms with Gasteiger partial charge in [-0.15, -0.1) is 0 Å². The largest absolute Gasteiger partial charge is 0.309 e. The van der Waals surface area contributed by atoms with E-state index in [-0.39, 0.29) is 21.7 Å². The van der Waals surface area contributed by atoms with Crippen LogP contribution in [0.2, 0.25) is 0 Å². The van der Waals surface area contributed by atoms with Gasteiger partial charge in [-0.2, -0.15) is 0 Å². The van der Waals surface area contributed by atoms with E-state index in [9.17, 15) is 0 Å². The second kappa shape index (κ2) is 15.3. The molecule has 0 N–H and O–H groups in total. The zero-order valence-electron chi connectivity index (χ0n) is 40.2. The van der Waals surface area contributed by atoms with Crippen LogP contribution >= 0.6 is 0 Å². The Morgan fingerprint density at radius 1 is 0.318 bits per heavy atom. The molecule has 0 unspecified atom stereocenters. The summed E-state index contributed by atoms with van der Waals surface area (Å²) in [5.74, 6) is 0. The number of fused-ring (bicyclic) bond motifs is 5. The van der Waals surface area contributed by atoms with E-state index >= 15 is 0 Å². The maximum Gasteiger partial charge on any atom is 0.0714 e. The van der Waals surface area contributed by atoms with Crippen LogP contribution in [0.5, 0.6) is 0 Å². The third-order valence-electron chi connectivity index (χ3n) is 16.3. The minimum absolute atomic E-state index is 0.00344. The Kier molecular flexibility index (Phi) is 9.79. The topological polar surface area (TPSA) is 3.24 Å². The molecule has 0 saturated heterocycles. The smallest absolute Gasteiger partial charge is 0.0714 e. The molecule has 3 aliphatic carbocycles. The number of anilines is 3. The Morgan fingerprint density at radius 3 is 1.39 bits per heavy atom. The molecule has 0 aromatic heterocycles. The van der Waals surface area contributed by atoms with E-state index in [0.717, 1.165) is 31.4 Å². The summed E-state index contributed by atoms with van der Waals surface area (Å²) in [6, 6.07) is 71.8. The lowest BCUT2D eigenvalue weighted by Crippen LogP contribution is -2.34. The van der Waals surface area contributed by atoms with Gasteiger partial charge < -0.3 is 4.90 Å². The van der Waals surface area contributed by atoms with Gasteiger partial charge in [0.25, 0.3) is 0 Å². The maximum atomic E-state index is 2.65. The molecule has 0 amide bonds. The monoisotopic (exact) mass is 857 g/mol. The number of nitrogens with zero attached hydrogens (tertiary/aromatic N) is 1. The summed E-state index contributed by atoms with van der Waals surface area (Å²) in [5.41, 5.74) is 21.8. The first-order valence-corrected chi connectivity index (χ1v) is 24.4. The first-order chi connectivity index (χ1) is 31.7. The van der Waals surface area contributed by atoms with Gasteiger partial charge in [0, 0.05) is 16.8 Å². The van der Waals surface area contributed by atoms with E-state index in [1.807, 2.05) is 0 Å². The first kappa shape index (κ1) is 42.2. The van der Waals surface area contributed by atoms with Gasteiger partial charge in [-0.25, -0.2) is 0 Å². The van der Waals surface area contributed by atoms with Gasteiger partial charge in [0.1, 0.15) is 0 Å². The molecule has 0 bridgehead atoms. The van der Waals surface area contributed by atoms with Crippen molar-refractivity contribution in [3.05, 3.63) is 233 Å². The van der Waals surface area contributed by atoms with Crippen LogP contribution < -0.4 is 4.90 Å². The summed E-state index contributed by atoms with van der Waals surface area (Å²) in [6.45, 7) is 19.7. The summed E-state index contributed by atoms with van der Waals surface area (Å²) < 4.78 is 0. The van der Waals surface area contributed by atoms with Crippen LogP contribution in [0.25, 0.3) is 33.4 Å². The van der Waals surface area contributed by atoms with E-state index in [0.29, 0.717) is 0 Å². The van der Waals surface area contributed by atoms with E-state index in [1.54, 1.807) is 0 Å². The molecule has 11 rings (SSSR count). The summed E-state index contributed by atoms with van der Waals surface area (Å²) >= 11 is 0. The Labute approximate surface area is 394 Å². The molecule has 8 aromatic carbocycles. The Hall–Kier alpha value is -6.44. The van der Waals surface area contributed by atoms with Crippen LogP contribution in [0.1, 0.15) is 126 Å². The molecule has 1 nitrogen and oxygen atoms in total. The molecule has 0 saturated carbocycles. The predicted molar refractivity (Wildman–Crippen MR) is 280 cm³/mol. The van der Waals surface area contributed by atoms with E-state index in [4.69, 9.17) is 0 Å². The second-order valence-corrected chi connectivity index (χ2v) is 22.2. The molecule has 3 aliphatic rings. The quantitative estimate of drug-likeness (QED) is 0.154. The van der Waals surface area contributed by atoms with Crippen LogP contribution in [-0.2, 0) is 27.1 Å². The fourth-order valence-electron chi connectivity index (χ4n) is 12.5. The molecule has 8 aromatic rings. The van der Waals surface area contributed by atoms with Crippen LogP contribution in [-0.4, -0.2) is 0 Å². The highest BCUT2D eigenvalue weighted by molar-refractivity contribution is 6.00. The number of rotatable bonds is 7. The molecule has 0 heterocycles. The third-order valence-corrected chi connectivity index (χ3v) is 16.3. The zero-order valence-corrected chi connectivity index (χ0v) is 40.2. The molecule has 0 fully saturated rings. The van der Waals surface area contributed by atoms with Crippen molar-refractivity contribution in [2.75, 3.05) is 4.90 Å². The predicted octanol–water partition coefficient (Wildman–Crippen LogP) is 17.6. The van der Waals surface area contributed by atoms with Crippen LogP contribution in [0.15, 0.2) is 188 Å². The van der Waals surface area contributed by atoms with E-state index in [1.165, 1.54) is 89.3 Å². The van der Waals surface area contributed by atoms with Gasteiger partial charge in [-0.3, -0.25) is 0 Å². The Morgan fingerprint density at radius 2 is 0.773 bits per heavy atom. The van der Waals surface area contributed by atoms with Gasteiger partial charge in [0.2, 0.25) is 0 Å². The van der Waals surface area contributed by atoms with Gasteiger partial charge >= 0.3 is 0 Å². The molecule has 0 spiro atoms. The van der Waals surface area contributed by atoms with Gasteiger partial charge in [-0.05, 0) is 151 Å². The highest BCUT2D eigenvalue weighted by atomic mass is 15.1. The average Bonchev–Trinajstić information content (AvgIpc) is 3.63. The van der Waals surface area contributed by atoms with Crippen molar-refractivity contribution < 1.29 is 0 Å². The number of benzene rings is 8. The molecular formula is C65H63N. The molecule has 1 heteroatoms. The molecule has 0 radical (unpaired) electrons. The van der Waals surface area contributed by atoms with Crippen molar-refractivity contribution in [3.63, 3.8) is 0 Å². The first-order valence-electron chi connectivity index (χ1n) is 24.4. The van der Waals surface area contributed by atoms with Crippen LogP contribution in [0, 0.1) is 0 Å². The lowest BCUT2D eigenvalue weighted by atomic mass is 9.61. The van der Waals surface area contributed by atoms with Crippen molar-refractivity contribution in [1.82, 2.24) is 0 Å². The highest BCUT2D eigenvalue weighted by Gasteiger charge is 2.48. The highest BCUT2D eigenvalue weighted by Crippen LogP contribution is 2.61. The molecule has 66 heavy (non-hydrogen) atoms. The summed E-state index contributed by atoms with van der Waals surface area (Å²) in [7, 11) is 0. The maximum absolute atomic E-state index is 2.65. The van der Waals surface area contributed by atoms with Gasteiger partial charge in [0.15, 0.2) is 0 Å².